The third kappa shape index (κ3) is 2.96. The molecule has 0 bridgehead atoms. The molecule has 0 aromatic heterocycles. The third-order valence-corrected chi connectivity index (χ3v) is 2.17. The molecule has 0 amide bonds. The van der Waals surface area contributed by atoms with Gasteiger partial charge in [0.1, 0.15) is 0 Å². The smallest absolute Gasteiger partial charge is 0.338 e. The summed E-state index contributed by atoms with van der Waals surface area (Å²) in [6.45, 7) is 3.02. The zero-order valence-corrected chi connectivity index (χ0v) is 10.2. The van der Waals surface area contributed by atoms with E-state index < -0.39 is 11.9 Å². The quantitative estimate of drug-likeness (QED) is 0.592. The van der Waals surface area contributed by atoms with Crippen LogP contribution in [0, 0.1) is 6.92 Å². The van der Waals surface area contributed by atoms with Crippen LogP contribution >= 0.6 is 0 Å². The van der Waals surface area contributed by atoms with Gasteiger partial charge in [-0.3, -0.25) is 4.79 Å². The number of hydrogen-bond donors (Lipinski definition) is 0. The van der Waals surface area contributed by atoms with E-state index in [1.54, 1.807) is 13.0 Å². The van der Waals surface area contributed by atoms with E-state index in [4.69, 9.17) is 9.47 Å². The molecular weight excluding hydrogens is 224 g/mol. The second kappa shape index (κ2) is 5.34. The zero-order valence-electron chi connectivity index (χ0n) is 10.2. The first kappa shape index (κ1) is 13.0. The lowest BCUT2D eigenvalue weighted by Gasteiger charge is -2.11. The van der Waals surface area contributed by atoms with Gasteiger partial charge in [-0.15, -0.1) is 0 Å². The Kier molecular flexibility index (Phi) is 4.09. The molecule has 0 aliphatic carbocycles. The highest BCUT2D eigenvalue weighted by atomic mass is 16.6. The fraction of sp³-hybridized carbons (Fsp3) is 0.333. The molecule has 0 aliphatic heterocycles. The minimum atomic E-state index is -0.487. The number of aryl methyl sites for hydroxylation is 1. The third-order valence-electron chi connectivity index (χ3n) is 2.17. The van der Waals surface area contributed by atoms with Crippen LogP contribution in [0.15, 0.2) is 12.1 Å². The Morgan fingerprint density at radius 3 is 2.24 bits per heavy atom. The lowest BCUT2D eigenvalue weighted by atomic mass is 10.1. The summed E-state index contributed by atoms with van der Waals surface area (Å²) < 4.78 is 14.7. The van der Waals surface area contributed by atoms with Gasteiger partial charge in [0.2, 0.25) is 0 Å². The summed E-state index contributed by atoms with van der Waals surface area (Å²) in [6.07, 6.45) is 0. The molecule has 0 saturated heterocycles. The normalized spacial score (nSPS) is 9.65. The fourth-order valence-electron chi connectivity index (χ4n) is 1.39. The summed E-state index contributed by atoms with van der Waals surface area (Å²) >= 11 is 0. The Morgan fingerprint density at radius 1 is 1.12 bits per heavy atom. The van der Waals surface area contributed by atoms with E-state index >= 15 is 0 Å². The molecule has 1 rings (SSSR count). The number of benzene rings is 1. The molecule has 0 heterocycles. The van der Waals surface area contributed by atoms with Crippen molar-refractivity contribution in [2.75, 3.05) is 14.2 Å². The Hall–Kier alpha value is -2.04. The van der Waals surface area contributed by atoms with Crippen LogP contribution < -0.4 is 9.47 Å². The van der Waals surface area contributed by atoms with Crippen molar-refractivity contribution in [1.29, 1.82) is 0 Å². The number of methoxy groups -OCH3 is 2. The minimum Gasteiger partial charge on any atom is -0.493 e. The molecule has 92 valence electrons. The predicted molar refractivity (Wildman–Crippen MR) is 60.4 cm³/mol. The molecular formula is C12H14O5. The van der Waals surface area contributed by atoms with Crippen molar-refractivity contribution in [2.45, 2.75) is 13.8 Å². The van der Waals surface area contributed by atoms with E-state index in [2.05, 4.69) is 4.74 Å². The minimum absolute atomic E-state index is 0.200. The van der Waals surface area contributed by atoms with Gasteiger partial charge < -0.3 is 14.2 Å². The number of rotatable bonds is 3. The molecule has 17 heavy (non-hydrogen) atoms. The second-order valence-electron chi connectivity index (χ2n) is 3.40. The van der Waals surface area contributed by atoms with Gasteiger partial charge in [0, 0.05) is 6.92 Å². The van der Waals surface area contributed by atoms with E-state index in [1.165, 1.54) is 27.2 Å². The van der Waals surface area contributed by atoms with E-state index in [1.807, 2.05) is 0 Å². The van der Waals surface area contributed by atoms with Gasteiger partial charge in [0.25, 0.3) is 0 Å². The van der Waals surface area contributed by atoms with E-state index in [-0.39, 0.29) is 5.75 Å². The largest absolute Gasteiger partial charge is 0.493 e. The molecule has 1 aromatic carbocycles. The zero-order chi connectivity index (χ0) is 13.0. The molecule has 0 N–H and O–H groups in total. The molecule has 1 aromatic rings. The van der Waals surface area contributed by atoms with E-state index in [9.17, 15) is 9.59 Å². The van der Waals surface area contributed by atoms with Crippen LogP contribution in [0.3, 0.4) is 0 Å². The van der Waals surface area contributed by atoms with Crippen LogP contribution in [0.1, 0.15) is 22.8 Å². The number of carbonyl (C=O) groups excluding carboxylic acids is 2. The molecule has 0 spiro atoms. The maximum Gasteiger partial charge on any atom is 0.338 e. The Balaban J connectivity index is 3.26. The maximum absolute atomic E-state index is 11.5. The first-order valence-corrected chi connectivity index (χ1v) is 4.95. The average Bonchev–Trinajstić information content (AvgIpc) is 2.29. The summed E-state index contributed by atoms with van der Waals surface area (Å²) in [4.78, 5) is 22.4. The van der Waals surface area contributed by atoms with Gasteiger partial charge in [-0.2, -0.15) is 0 Å². The highest BCUT2D eigenvalue weighted by Gasteiger charge is 2.16. The molecule has 5 heteroatoms. The Labute approximate surface area is 99.3 Å². The van der Waals surface area contributed by atoms with Crippen LogP contribution in [-0.2, 0) is 9.53 Å². The van der Waals surface area contributed by atoms with Gasteiger partial charge in [-0.25, -0.2) is 4.79 Å². The van der Waals surface area contributed by atoms with Crippen molar-refractivity contribution in [1.82, 2.24) is 0 Å². The van der Waals surface area contributed by atoms with Crippen molar-refractivity contribution in [3.05, 3.63) is 23.3 Å². The van der Waals surface area contributed by atoms with Crippen LogP contribution in [0.25, 0.3) is 0 Å². The van der Waals surface area contributed by atoms with E-state index in [0.717, 1.165) is 0 Å². The van der Waals surface area contributed by atoms with Crippen molar-refractivity contribution in [2.24, 2.45) is 0 Å². The van der Waals surface area contributed by atoms with Gasteiger partial charge >= 0.3 is 11.9 Å². The average molecular weight is 238 g/mol. The van der Waals surface area contributed by atoms with Gasteiger partial charge in [0.05, 0.1) is 19.8 Å². The van der Waals surface area contributed by atoms with Crippen LogP contribution in [-0.4, -0.2) is 26.2 Å². The van der Waals surface area contributed by atoms with Crippen LogP contribution in [0.4, 0.5) is 0 Å². The van der Waals surface area contributed by atoms with Crippen molar-refractivity contribution >= 4 is 11.9 Å². The SMILES string of the molecule is COC(=O)c1cc(OC(C)=O)c(OC)cc1C. The molecule has 0 atom stereocenters. The lowest BCUT2D eigenvalue weighted by Crippen LogP contribution is -2.08. The number of esters is 2. The van der Waals surface area contributed by atoms with E-state index in [0.29, 0.717) is 16.9 Å². The molecule has 0 radical (unpaired) electrons. The second-order valence-corrected chi connectivity index (χ2v) is 3.40. The van der Waals surface area contributed by atoms with Gasteiger partial charge in [-0.1, -0.05) is 0 Å². The molecule has 5 nitrogen and oxygen atoms in total. The summed E-state index contributed by atoms with van der Waals surface area (Å²) in [7, 11) is 2.75. The Morgan fingerprint density at radius 2 is 1.76 bits per heavy atom. The molecule has 0 saturated carbocycles. The summed E-state index contributed by atoms with van der Waals surface area (Å²) in [5.74, 6) is -0.377. The van der Waals surface area contributed by atoms with Crippen LogP contribution in [0.5, 0.6) is 11.5 Å². The predicted octanol–water partition coefficient (Wildman–Crippen LogP) is 1.72. The van der Waals surface area contributed by atoms with Crippen molar-refractivity contribution < 1.29 is 23.8 Å². The lowest BCUT2D eigenvalue weighted by molar-refractivity contribution is -0.132. The van der Waals surface area contributed by atoms with Gasteiger partial charge in [-0.05, 0) is 24.6 Å². The topological polar surface area (TPSA) is 61.8 Å². The highest BCUT2D eigenvalue weighted by molar-refractivity contribution is 5.92. The summed E-state index contributed by atoms with van der Waals surface area (Å²) in [6, 6.07) is 3.05. The van der Waals surface area contributed by atoms with Gasteiger partial charge in [0.15, 0.2) is 11.5 Å². The number of carbonyl (C=O) groups is 2. The number of ether oxygens (including phenoxy) is 3. The maximum atomic E-state index is 11.5. The molecule has 0 fully saturated rings. The standard InChI is InChI=1S/C12H14O5/c1-7-5-10(15-3)11(17-8(2)13)6-9(7)12(14)16-4/h5-6H,1-4H3. The molecule has 0 unspecified atom stereocenters. The monoisotopic (exact) mass is 238 g/mol. The highest BCUT2D eigenvalue weighted by Crippen LogP contribution is 2.31. The summed E-state index contributed by atoms with van der Waals surface area (Å²) in [5.41, 5.74) is 1.02. The summed E-state index contributed by atoms with van der Waals surface area (Å²) in [5, 5.41) is 0. The molecule has 0 aliphatic rings. The van der Waals surface area contributed by atoms with Crippen molar-refractivity contribution in [3.63, 3.8) is 0 Å². The van der Waals surface area contributed by atoms with Crippen molar-refractivity contribution in [3.8, 4) is 11.5 Å². The first-order chi connectivity index (χ1) is 7.99. The number of hydrogen-bond acceptors (Lipinski definition) is 5. The fourth-order valence-corrected chi connectivity index (χ4v) is 1.39. The first-order valence-electron chi connectivity index (χ1n) is 4.95. The Bertz CT molecular complexity index is 450. The van der Waals surface area contributed by atoms with Crippen LogP contribution in [0.2, 0.25) is 0 Å².